The fourth-order valence-corrected chi connectivity index (χ4v) is 8.83. The van der Waals surface area contributed by atoms with Crippen LogP contribution in [-0.2, 0) is 47.8 Å². The summed E-state index contributed by atoms with van der Waals surface area (Å²) in [6.45, 7) is 3.64. The van der Waals surface area contributed by atoms with Gasteiger partial charge in [0, 0.05) is 37.2 Å². The number of carboxylic acid groups (broad SMARTS) is 2. The molecule has 0 aliphatic carbocycles. The number of carboxylic acids is 2. The fourth-order valence-electron chi connectivity index (χ4n) is 7.90. The Morgan fingerprint density at radius 1 is 0.493 bits per heavy atom. The number of unbranched alkanes of at least 4 members (excludes halogenated alkanes) is 25. The molecule has 0 aromatic heterocycles. The molecule has 17 nitrogen and oxygen atoms in total. The maximum absolute atomic E-state index is 13.1. The van der Waals surface area contributed by atoms with Gasteiger partial charge in [-0.25, -0.2) is 4.79 Å². The molecule has 0 fully saturated rings. The molecule has 1 unspecified atom stereocenters. The molecule has 0 aromatic rings. The minimum absolute atomic E-state index is 0.0309. The molecule has 0 saturated carbocycles. The van der Waals surface area contributed by atoms with Gasteiger partial charge >= 0.3 is 23.9 Å². The van der Waals surface area contributed by atoms with Crippen molar-refractivity contribution in [2.24, 2.45) is 5.73 Å². The smallest absolute Gasteiger partial charge is 0.326 e. The van der Waals surface area contributed by atoms with Crippen LogP contribution in [0.1, 0.15) is 232 Å². The first kappa shape index (κ1) is 67.1. The Labute approximate surface area is 430 Å². The molecular weight excluding hydrogens is 931 g/mol. The van der Waals surface area contributed by atoms with Crippen molar-refractivity contribution in [3.05, 3.63) is 0 Å². The van der Waals surface area contributed by atoms with E-state index >= 15 is 0 Å². The zero-order chi connectivity index (χ0) is 52.6. The summed E-state index contributed by atoms with van der Waals surface area (Å²) in [7, 11) is 0. The average Bonchev–Trinajstić information content (AvgIpc) is 3.34. The van der Waals surface area contributed by atoms with E-state index in [0.717, 1.165) is 44.9 Å². The maximum Gasteiger partial charge on any atom is 0.326 e. The maximum atomic E-state index is 13.1. The Balaban J connectivity index is 4.99. The van der Waals surface area contributed by atoms with Crippen LogP contribution < -0.4 is 27.0 Å². The molecule has 0 spiro atoms. The molecule has 0 heterocycles. The molecule has 0 rings (SSSR count). The standard InChI is InChI=1S/C53H97N5O12S/c1-3-5-7-9-11-13-15-17-19-21-23-25-27-32-50(64)69-41-43(70-51(65)33-28-26-24-22-20-18-16-14-12-10-8-6-4-2)42-71-38-36-46(59)57-44(31-29-30-37-54)52(66)56-39-47(60)55-40-48(61)58-45(53(67)68)34-35-49(62)63/h43-45H,3-42,54H2,1-2H3,(H,55,60)(H,56,66)(H,57,59)(H,58,61)(H,62,63)(H,67,68)/t43?,44-,45-/m0/s1. The molecular formula is C53H97N5O12S. The van der Waals surface area contributed by atoms with Crippen molar-refractivity contribution in [2.75, 3.05) is 37.7 Å². The topological polar surface area (TPSA) is 270 Å². The number of amides is 4. The van der Waals surface area contributed by atoms with E-state index in [9.17, 15) is 43.5 Å². The van der Waals surface area contributed by atoms with Gasteiger partial charge in [0.1, 0.15) is 24.8 Å². The third kappa shape index (κ3) is 44.5. The van der Waals surface area contributed by atoms with Crippen molar-refractivity contribution in [1.82, 2.24) is 21.3 Å². The van der Waals surface area contributed by atoms with Crippen molar-refractivity contribution in [3.8, 4) is 0 Å². The number of hydrogen-bond acceptors (Lipinski definition) is 12. The highest BCUT2D eigenvalue weighted by molar-refractivity contribution is 7.99. The van der Waals surface area contributed by atoms with Crippen LogP contribution in [0.3, 0.4) is 0 Å². The zero-order valence-electron chi connectivity index (χ0n) is 44.0. The summed E-state index contributed by atoms with van der Waals surface area (Å²) < 4.78 is 11.4. The van der Waals surface area contributed by atoms with E-state index in [4.69, 9.17) is 20.3 Å². The molecule has 0 radical (unpaired) electrons. The Kier molecular flexibility index (Phi) is 45.7. The number of thioether (sulfide) groups is 1. The lowest BCUT2D eigenvalue weighted by Gasteiger charge is -2.19. The monoisotopic (exact) mass is 1030 g/mol. The van der Waals surface area contributed by atoms with Crippen LogP contribution in [0.25, 0.3) is 0 Å². The number of hydrogen-bond donors (Lipinski definition) is 7. The Morgan fingerprint density at radius 3 is 1.44 bits per heavy atom. The number of ether oxygens (including phenoxy) is 2. The average molecular weight is 1030 g/mol. The summed E-state index contributed by atoms with van der Waals surface area (Å²) in [5.74, 6) is -5.34. The van der Waals surface area contributed by atoms with E-state index in [1.165, 1.54) is 134 Å². The van der Waals surface area contributed by atoms with Gasteiger partial charge in [0.05, 0.1) is 13.1 Å². The van der Waals surface area contributed by atoms with E-state index in [0.29, 0.717) is 37.3 Å². The van der Waals surface area contributed by atoms with Crippen LogP contribution in [0.2, 0.25) is 0 Å². The summed E-state index contributed by atoms with van der Waals surface area (Å²) in [6.07, 6.45) is 31.8. The van der Waals surface area contributed by atoms with Crippen LogP contribution in [-0.4, -0.2) is 114 Å². The second-order valence-electron chi connectivity index (χ2n) is 18.9. The Hall–Kier alpha value is -3.93. The van der Waals surface area contributed by atoms with Crippen molar-refractivity contribution in [2.45, 2.75) is 250 Å². The van der Waals surface area contributed by atoms with Crippen molar-refractivity contribution in [3.63, 3.8) is 0 Å². The number of carbonyl (C=O) groups excluding carboxylic acids is 6. The third-order valence-electron chi connectivity index (χ3n) is 12.2. The lowest BCUT2D eigenvalue weighted by Crippen LogP contribution is -2.50. The van der Waals surface area contributed by atoms with Gasteiger partial charge in [0.15, 0.2) is 0 Å². The van der Waals surface area contributed by atoms with Crippen molar-refractivity contribution >= 4 is 59.3 Å². The Morgan fingerprint density at radius 2 is 0.958 bits per heavy atom. The Bertz CT molecular complexity index is 1440. The summed E-state index contributed by atoms with van der Waals surface area (Å²) in [5.41, 5.74) is 5.64. The van der Waals surface area contributed by atoms with Crippen LogP contribution >= 0.6 is 11.8 Å². The quantitative estimate of drug-likeness (QED) is 0.0222. The predicted octanol–water partition coefficient (Wildman–Crippen LogP) is 8.81. The van der Waals surface area contributed by atoms with Gasteiger partial charge in [-0.3, -0.25) is 33.6 Å². The zero-order valence-corrected chi connectivity index (χ0v) is 44.8. The third-order valence-corrected chi connectivity index (χ3v) is 13.3. The first-order valence-corrected chi connectivity index (χ1v) is 28.7. The van der Waals surface area contributed by atoms with Crippen LogP contribution in [0.4, 0.5) is 0 Å². The lowest BCUT2D eigenvalue weighted by atomic mass is 10.0. The molecule has 0 aromatic carbocycles. The van der Waals surface area contributed by atoms with E-state index in [1.807, 2.05) is 0 Å². The number of carbonyl (C=O) groups is 8. The summed E-state index contributed by atoms with van der Waals surface area (Å²) in [4.78, 5) is 98.5. The minimum atomic E-state index is -1.46. The van der Waals surface area contributed by atoms with E-state index in [2.05, 4.69) is 35.1 Å². The van der Waals surface area contributed by atoms with Gasteiger partial charge in [-0.2, -0.15) is 11.8 Å². The molecule has 71 heavy (non-hydrogen) atoms. The van der Waals surface area contributed by atoms with E-state index in [1.54, 1.807) is 0 Å². The van der Waals surface area contributed by atoms with Crippen molar-refractivity contribution < 1.29 is 58.0 Å². The van der Waals surface area contributed by atoms with E-state index < -0.39 is 73.3 Å². The van der Waals surface area contributed by atoms with Gasteiger partial charge in [-0.1, -0.05) is 168 Å². The molecule has 0 bridgehead atoms. The predicted molar refractivity (Wildman–Crippen MR) is 281 cm³/mol. The van der Waals surface area contributed by atoms with Crippen LogP contribution in [0.15, 0.2) is 0 Å². The van der Waals surface area contributed by atoms with Crippen LogP contribution in [0, 0.1) is 0 Å². The highest BCUT2D eigenvalue weighted by Gasteiger charge is 2.24. The number of aliphatic carboxylic acids is 2. The number of nitrogens with one attached hydrogen (secondary N) is 4. The van der Waals surface area contributed by atoms with Crippen LogP contribution in [0.5, 0.6) is 0 Å². The second-order valence-corrected chi connectivity index (χ2v) is 20.0. The first-order chi connectivity index (χ1) is 34.3. The number of rotatable bonds is 51. The highest BCUT2D eigenvalue weighted by Crippen LogP contribution is 2.17. The van der Waals surface area contributed by atoms with Gasteiger partial charge < -0.3 is 46.7 Å². The number of nitrogens with two attached hydrogens (primary N) is 1. The molecule has 8 N–H and O–H groups in total. The molecule has 0 saturated heterocycles. The summed E-state index contributed by atoms with van der Waals surface area (Å²) in [6, 6.07) is -2.43. The van der Waals surface area contributed by atoms with Gasteiger partial charge in [0.25, 0.3) is 0 Å². The number of esters is 2. The molecule has 3 atom stereocenters. The lowest BCUT2D eigenvalue weighted by molar-refractivity contribution is -0.157. The molecule has 412 valence electrons. The van der Waals surface area contributed by atoms with E-state index in [-0.39, 0.29) is 44.2 Å². The molecule has 18 heteroatoms. The molecule has 0 aliphatic rings. The fraction of sp³-hybridized carbons (Fsp3) is 0.849. The van der Waals surface area contributed by atoms with Gasteiger partial charge in [-0.05, 0) is 45.1 Å². The normalized spacial score (nSPS) is 12.3. The van der Waals surface area contributed by atoms with Gasteiger partial charge in [0.2, 0.25) is 23.6 Å². The first-order valence-electron chi connectivity index (χ1n) is 27.5. The molecule has 0 aliphatic heterocycles. The van der Waals surface area contributed by atoms with Crippen molar-refractivity contribution in [1.29, 1.82) is 0 Å². The molecule has 4 amide bonds. The minimum Gasteiger partial charge on any atom is -0.481 e. The second kappa shape index (κ2) is 48.3. The highest BCUT2D eigenvalue weighted by atomic mass is 32.2. The summed E-state index contributed by atoms with van der Waals surface area (Å²) >= 11 is 1.37. The van der Waals surface area contributed by atoms with Gasteiger partial charge in [-0.15, -0.1) is 0 Å². The largest absolute Gasteiger partial charge is 0.481 e. The SMILES string of the molecule is CCCCCCCCCCCCCCCC(=O)OCC(CSCCC(=O)N[C@@H](CCCCN)C(=O)NCC(=O)NCC(=O)N[C@@H](CCC(=O)O)C(=O)O)OC(=O)CCCCCCCCCCCCCCC. The summed E-state index contributed by atoms with van der Waals surface area (Å²) in [5, 5.41) is 27.6.